The van der Waals surface area contributed by atoms with Crippen molar-refractivity contribution in [2.45, 2.75) is 62.6 Å². The summed E-state index contributed by atoms with van der Waals surface area (Å²) in [6.45, 7) is 3.76. The van der Waals surface area contributed by atoms with Crippen molar-refractivity contribution in [1.29, 1.82) is 0 Å². The highest BCUT2D eigenvalue weighted by Crippen LogP contribution is 2.29. The Morgan fingerprint density at radius 1 is 0.820 bits per heavy atom. The summed E-state index contributed by atoms with van der Waals surface area (Å²) in [6.07, 6.45) is 0.0736. The van der Waals surface area contributed by atoms with Crippen LogP contribution in [0.15, 0.2) is 84.9 Å². The quantitative estimate of drug-likeness (QED) is 0.147. The molecule has 0 aliphatic carbocycles. The zero-order valence-corrected chi connectivity index (χ0v) is 28.5. The highest BCUT2D eigenvalue weighted by Gasteiger charge is 2.50. The number of hydrogen-bond acceptors (Lipinski definition) is 9. The molecule has 0 spiro atoms. The molecule has 266 valence electrons. The average molecular weight is 687 g/mol. The second-order valence-corrected chi connectivity index (χ2v) is 12.8. The summed E-state index contributed by atoms with van der Waals surface area (Å²) in [5, 5.41) is 11.7. The maximum absolute atomic E-state index is 14.1. The van der Waals surface area contributed by atoms with Gasteiger partial charge in [0.2, 0.25) is 17.7 Å². The molecule has 2 fully saturated rings. The molecular formula is C38H46N4O8. The van der Waals surface area contributed by atoms with Crippen LogP contribution in [0, 0.1) is 0 Å². The van der Waals surface area contributed by atoms with E-state index >= 15 is 0 Å². The van der Waals surface area contributed by atoms with Crippen LogP contribution in [-0.2, 0) is 52.8 Å². The summed E-state index contributed by atoms with van der Waals surface area (Å²) in [6, 6.07) is 22.9. The number of morpholine rings is 1. The Morgan fingerprint density at radius 3 is 2.04 bits per heavy atom. The van der Waals surface area contributed by atoms with Gasteiger partial charge in [-0.2, -0.15) is 0 Å². The van der Waals surface area contributed by atoms with Crippen LogP contribution in [0.5, 0.6) is 5.75 Å². The summed E-state index contributed by atoms with van der Waals surface area (Å²) in [7, 11) is 1.56. The SMILES string of the molecule is COc1ccc(C[C@H](NC(=O)[C@H](COCc2ccccc2)NC(=O)CC2CNCCO2)C(=O)N[C@@H](Cc2ccccc2)C(=O)[C@@]2(C)CO2)cc1. The lowest BCUT2D eigenvalue weighted by Gasteiger charge is -2.27. The molecular weight excluding hydrogens is 640 g/mol. The van der Waals surface area contributed by atoms with E-state index in [2.05, 4.69) is 21.3 Å². The Hall–Kier alpha value is -4.62. The Bertz CT molecular complexity index is 1560. The summed E-state index contributed by atoms with van der Waals surface area (Å²) < 4.78 is 22.3. The predicted molar refractivity (Wildman–Crippen MR) is 185 cm³/mol. The lowest BCUT2D eigenvalue weighted by Crippen LogP contribution is -2.58. The van der Waals surface area contributed by atoms with E-state index in [1.54, 1.807) is 38.3 Å². The van der Waals surface area contributed by atoms with E-state index in [4.69, 9.17) is 18.9 Å². The minimum absolute atomic E-state index is 0.0509. The molecule has 0 saturated carbocycles. The minimum atomic E-state index is -1.12. The van der Waals surface area contributed by atoms with Gasteiger partial charge in [0, 0.05) is 19.5 Å². The predicted octanol–water partition coefficient (Wildman–Crippen LogP) is 1.89. The van der Waals surface area contributed by atoms with Crippen LogP contribution in [0.3, 0.4) is 0 Å². The van der Waals surface area contributed by atoms with E-state index in [-0.39, 0.29) is 56.9 Å². The first kappa shape index (κ1) is 36.7. The summed E-state index contributed by atoms with van der Waals surface area (Å²) in [5.41, 5.74) is 1.53. The fourth-order valence-electron chi connectivity index (χ4n) is 5.69. The van der Waals surface area contributed by atoms with Gasteiger partial charge in [-0.05, 0) is 42.2 Å². The second kappa shape index (κ2) is 17.9. The van der Waals surface area contributed by atoms with Crippen LogP contribution in [0.25, 0.3) is 0 Å². The van der Waals surface area contributed by atoms with Crippen LogP contribution in [0.2, 0.25) is 0 Å². The molecule has 2 aliphatic rings. The van der Waals surface area contributed by atoms with Crippen LogP contribution in [0.1, 0.15) is 30.0 Å². The summed E-state index contributed by atoms with van der Waals surface area (Å²) >= 11 is 0. The second-order valence-electron chi connectivity index (χ2n) is 12.8. The van der Waals surface area contributed by atoms with Crippen LogP contribution >= 0.6 is 0 Å². The Morgan fingerprint density at radius 2 is 1.42 bits per heavy atom. The maximum Gasteiger partial charge on any atom is 0.245 e. The number of Topliss-reactive ketones (excluding diaryl/α,β-unsaturated/α-hetero) is 1. The molecule has 4 N–H and O–H groups in total. The minimum Gasteiger partial charge on any atom is -0.497 e. The Labute approximate surface area is 292 Å². The number of nitrogens with one attached hydrogen (secondary N) is 4. The molecule has 50 heavy (non-hydrogen) atoms. The van der Waals surface area contributed by atoms with E-state index in [0.717, 1.165) is 16.7 Å². The molecule has 5 rings (SSSR count). The first-order valence-electron chi connectivity index (χ1n) is 16.9. The van der Waals surface area contributed by atoms with E-state index in [0.29, 0.717) is 25.4 Å². The molecule has 2 saturated heterocycles. The number of rotatable bonds is 18. The largest absolute Gasteiger partial charge is 0.497 e. The monoisotopic (exact) mass is 686 g/mol. The summed E-state index contributed by atoms with van der Waals surface area (Å²) in [4.78, 5) is 54.7. The van der Waals surface area contributed by atoms with Gasteiger partial charge in [-0.25, -0.2) is 0 Å². The van der Waals surface area contributed by atoms with Gasteiger partial charge in [-0.1, -0.05) is 72.8 Å². The number of amides is 3. The molecule has 0 radical (unpaired) electrons. The van der Waals surface area contributed by atoms with E-state index in [9.17, 15) is 19.2 Å². The van der Waals surface area contributed by atoms with Gasteiger partial charge in [-0.15, -0.1) is 0 Å². The normalized spacial score (nSPS) is 20.1. The van der Waals surface area contributed by atoms with Crippen molar-refractivity contribution >= 4 is 23.5 Å². The average Bonchev–Trinajstić information content (AvgIpc) is 3.90. The first-order valence-corrected chi connectivity index (χ1v) is 16.9. The lowest BCUT2D eigenvalue weighted by molar-refractivity contribution is -0.135. The van der Waals surface area contributed by atoms with Crippen LogP contribution < -0.4 is 26.0 Å². The molecule has 5 atom stereocenters. The Kier molecular flexibility index (Phi) is 13.1. The number of epoxide rings is 1. The van der Waals surface area contributed by atoms with Gasteiger partial charge in [0.25, 0.3) is 0 Å². The highest BCUT2D eigenvalue weighted by molar-refractivity contribution is 5.98. The van der Waals surface area contributed by atoms with Crippen LogP contribution in [0.4, 0.5) is 0 Å². The van der Waals surface area contributed by atoms with Gasteiger partial charge in [-0.3, -0.25) is 19.2 Å². The lowest BCUT2D eigenvalue weighted by atomic mass is 9.94. The molecule has 3 aromatic rings. The first-order chi connectivity index (χ1) is 24.2. The zero-order chi connectivity index (χ0) is 35.3. The number of benzene rings is 3. The Balaban J connectivity index is 1.34. The van der Waals surface area contributed by atoms with Gasteiger partial charge in [0.1, 0.15) is 23.4 Å². The number of carbonyl (C=O) groups excluding carboxylic acids is 4. The van der Waals surface area contributed by atoms with E-state index in [1.807, 2.05) is 60.7 Å². The number of ether oxygens (including phenoxy) is 4. The van der Waals surface area contributed by atoms with Crippen molar-refractivity contribution in [1.82, 2.24) is 21.3 Å². The van der Waals surface area contributed by atoms with Crippen molar-refractivity contribution in [2.75, 3.05) is 40.0 Å². The van der Waals surface area contributed by atoms with Gasteiger partial charge in [0.15, 0.2) is 5.78 Å². The molecule has 1 unspecified atom stereocenters. The van der Waals surface area contributed by atoms with Crippen molar-refractivity contribution in [2.24, 2.45) is 0 Å². The van der Waals surface area contributed by atoms with Gasteiger partial charge >= 0.3 is 0 Å². The van der Waals surface area contributed by atoms with Crippen molar-refractivity contribution in [3.8, 4) is 5.75 Å². The van der Waals surface area contributed by atoms with E-state index < -0.39 is 35.5 Å². The number of ketones is 1. The fourth-order valence-corrected chi connectivity index (χ4v) is 5.69. The number of carbonyl (C=O) groups is 4. The highest BCUT2D eigenvalue weighted by atomic mass is 16.6. The molecule has 0 aromatic heterocycles. The third kappa shape index (κ3) is 10.9. The van der Waals surface area contributed by atoms with Crippen molar-refractivity contribution in [3.63, 3.8) is 0 Å². The smallest absolute Gasteiger partial charge is 0.245 e. The topological polar surface area (TPSA) is 157 Å². The van der Waals surface area contributed by atoms with Crippen LogP contribution in [-0.4, -0.2) is 93.4 Å². The zero-order valence-electron chi connectivity index (χ0n) is 28.5. The standard InChI is InChI=1S/C38H46N4O8/c1-38(25-50-38)35(44)31(19-26-9-5-3-6-10-26)41-36(45)32(20-27-13-15-29(47-2)16-14-27)42-37(46)33(24-48-23-28-11-7-4-8-12-28)40-34(43)21-30-22-39-17-18-49-30/h3-16,30-33,39H,17-25H2,1-2H3,(H,40,43)(H,41,45)(H,42,46)/t30?,31-,32-,33-,38+/m0/s1. The van der Waals surface area contributed by atoms with Gasteiger partial charge in [0.05, 0.1) is 52.1 Å². The van der Waals surface area contributed by atoms with Crippen molar-refractivity contribution in [3.05, 3.63) is 102 Å². The molecule has 12 nitrogen and oxygen atoms in total. The third-order valence-electron chi connectivity index (χ3n) is 8.71. The molecule has 3 amide bonds. The molecule has 3 aromatic carbocycles. The number of hydrogen-bond donors (Lipinski definition) is 4. The number of methoxy groups -OCH3 is 1. The molecule has 2 heterocycles. The summed E-state index contributed by atoms with van der Waals surface area (Å²) in [5.74, 6) is -1.15. The fraction of sp³-hybridized carbons (Fsp3) is 0.421. The molecule has 12 heteroatoms. The molecule has 2 aliphatic heterocycles. The maximum atomic E-state index is 14.1. The third-order valence-corrected chi connectivity index (χ3v) is 8.71. The molecule has 0 bridgehead atoms. The van der Waals surface area contributed by atoms with E-state index in [1.165, 1.54) is 0 Å². The van der Waals surface area contributed by atoms with Crippen molar-refractivity contribution < 1.29 is 38.1 Å². The van der Waals surface area contributed by atoms with Gasteiger partial charge < -0.3 is 40.2 Å².